The van der Waals surface area contributed by atoms with Crippen LogP contribution in [0.3, 0.4) is 0 Å². The second-order valence-electron chi connectivity index (χ2n) is 3.24. The van der Waals surface area contributed by atoms with E-state index < -0.39 is 15.0 Å². The average molecular weight is 202 g/mol. The van der Waals surface area contributed by atoms with Crippen LogP contribution in [0.25, 0.3) is 0 Å². The summed E-state index contributed by atoms with van der Waals surface area (Å²) in [6, 6.07) is 0. The standard InChI is InChI=1S/C9H18O3Si/c1-4-5-6-8(9(10)11)7-12-13(2)3/h7,13H,4-6H2,1-3H3,(H,10,11). The molecule has 0 radical (unpaired) electrons. The van der Waals surface area contributed by atoms with Crippen molar-refractivity contribution in [2.24, 2.45) is 0 Å². The number of unbranched alkanes of at least 4 members (excludes halogenated alkanes) is 1. The highest BCUT2D eigenvalue weighted by molar-refractivity contribution is 6.48. The predicted octanol–water partition coefficient (Wildman–Crippen LogP) is 2.15. The molecule has 0 fully saturated rings. The van der Waals surface area contributed by atoms with Gasteiger partial charge in [-0.05, 0) is 25.9 Å². The second-order valence-corrected chi connectivity index (χ2v) is 5.61. The van der Waals surface area contributed by atoms with E-state index in [4.69, 9.17) is 9.53 Å². The van der Waals surface area contributed by atoms with Crippen molar-refractivity contribution in [3.8, 4) is 0 Å². The van der Waals surface area contributed by atoms with E-state index in [9.17, 15) is 4.79 Å². The zero-order chi connectivity index (χ0) is 10.3. The molecule has 0 amide bonds. The van der Waals surface area contributed by atoms with Crippen LogP contribution in [0.4, 0.5) is 0 Å². The Hall–Kier alpha value is -0.773. The maximum Gasteiger partial charge on any atom is 0.334 e. The van der Waals surface area contributed by atoms with Crippen LogP contribution in [-0.4, -0.2) is 20.1 Å². The minimum atomic E-state index is -1.14. The van der Waals surface area contributed by atoms with Crippen LogP contribution in [-0.2, 0) is 9.22 Å². The van der Waals surface area contributed by atoms with Crippen molar-refractivity contribution in [3.63, 3.8) is 0 Å². The molecule has 0 spiro atoms. The number of carboxylic acids is 1. The van der Waals surface area contributed by atoms with E-state index in [1.807, 2.05) is 20.0 Å². The Bertz CT molecular complexity index is 187. The first-order valence-electron chi connectivity index (χ1n) is 4.65. The number of rotatable bonds is 6. The van der Waals surface area contributed by atoms with Crippen LogP contribution in [0, 0.1) is 0 Å². The summed E-state index contributed by atoms with van der Waals surface area (Å²) in [5.41, 5.74) is 0.392. The normalized spacial score (nSPS) is 11.8. The first-order chi connectivity index (χ1) is 6.07. The first kappa shape index (κ1) is 12.2. The Morgan fingerprint density at radius 3 is 2.54 bits per heavy atom. The van der Waals surface area contributed by atoms with Crippen molar-refractivity contribution in [1.29, 1.82) is 0 Å². The lowest BCUT2D eigenvalue weighted by molar-refractivity contribution is -0.132. The lowest BCUT2D eigenvalue weighted by Crippen LogP contribution is -2.06. The molecule has 0 aromatic rings. The maximum absolute atomic E-state index is 10.7. The topological polar surface area (TPSA) is 46.5 Å². The van der Waals surface area contributed by atoms with Gasteiger partial charge in [-0.1, -0.05) is 13.3 Å². The van der Waals surface area contributed by atoms with E-state index in [0.29, 0.717) is 12.0 Å². The van der Waals surface area contributed by atoms with Crippen LogP contribution < -0.4 is 0 Å². The Morgan fingerprint density at radius 2 is 2.15 bits per heavy atom. The van der Waals surface area contributed by atoms with E-state index in [1.54, 1.807) is 0 Å². The average Bonchev–Trinajstić information content (AvgIpc) is 2.03. The molecule has 0 aliphatic heterocycles. The molecule has 0 bridgehead atoms. The Morgan fingerprint density at radius 1 is 1.54 bits per heavy atom. The molecule has 4 heteroatoms. The number of carboxylic acid groups (broad SMARTS) is 1. The van der Waals surface area contributed by atoms with Crippen molar-refractivity contribution in [3.05, 3.63) is 11.8 Å². The molecule has 0 heterocycles. The molecule has 0 aliphatic carbocycles. The highest BCUT2D eigenvalue weighted by atomic mass is 28.3. The van der Waals surface area contributed by atoms with Gasteiger partial charge in [0, 0.05) is 0 Å². The molecule has 0 aromatic carbocycles. The summed E-state index contributed by atoms with van der Waals surface area (Å²) < 4.78 is 5.26. The molecule has 13 heavy (non-hydrogen) atoms. The van der Waals surface area contributed by atoms with Gasteiger partial charge < -0.3 is 9.53 Å². The molecule has 1 N–H and O–H groups in total. The third-order valence-electron chi connectivity index (χ3n) is 1.56. The fraction of sp³-hybridized carbons (Fsp3) is 0.667. The van der Waals surface area contributed by atoms with Crippen molar-refractivity contribution in [2.45, 2.75) is 39.3 Å². The molecule has 0 aliphatic rings. The summed E-state index contributed by atoms with van der Waals surface area (Å²) in [6.45, 7) is 6.06. The number of aliphatic carboxylic acids is 1. The van der Waals surface area contributed by atoms with Gasteiger partial charge in [0.15, 0.2) is 0 Å². The van der Waals surface area contributed by atoms with Gasteiger partial charge in [-0.2, -0.15) is 0 Å². The summed E-state index contributed by atoms with van der Waals surface area (Å²) in [5, 5.41) is 8.78. The zero-order valence-corrected chi connectivity index (χ0v) is 9.69. The number of carbonyl (C=O) groups is 1. The second kappa shape index (κ2) is 6.71. The van der Waals surface area contributed by atoms with Crippen LogP contribution >= 0.6 is 0 Å². The van der Waals surface area contributed by atoms with E-state index >= 15 is 0 Å². The molecule has 0 atom stereocenters. The fourth-order valence-electron chi connectivity index (χ4n) is 0.802. The zero-order valence-electron chi connectivity index (χ0n) is 8.54. The van der Waals surface area contributed by atoms with E-state index in [1.165, 1.54) is 6.26 Å². The number of hydrogen-bond donors (Lipinski definition) is 1. The molecule has 3 nitrogen and oxygen atoms in total. The van der Waals surface area contributed by atoms with Gasteiger partial charge in [-0.15, -0.1) is 0 Å². The highest BCUT2D eigenvalue weighted by Gasteiger charge is 2.07. The molecular formula is C9H18O3Si. The smallest absolute Gasteiger partial charge is 0.334 e. The van der Waals surface area contributed by atoms with E-state index in [-0.39, 0.29) is 0 Å². The van der Waals surface area contributed by atoms with Crippen LogP contribution in [0.15, 0.2) is 11.8 Å². The fourth-order valence-corrected chi connectivity index (χ4v) is 1.24. The molecule has 0 saturated carbocycles. The van der Waals surface area contributed by atoms with E-state index in [2.05, 4.69) is 0 Å². The van der Waals surface area contributed by atoms with Gasteiger partial charge in [0.1, 0.15) is 0 Å². The van der Waals surface area contributed by atoms with Crippen LogP contribution in [0.2, 0.25) is 13.1 Å². The third kappa shape index (κ3) is 6.39. The van der Waals surface area contributed by atoms with E-state index in [0.717, 1.165) is 12.8 Å². The van der Waals surface area contributed by atoms with Crippen molar-refractivity contribution < 1.29 is 14.3 Å². The quantitative estimate of drug-likeness (QED) is 0.408. The monoisotopic (exact) mass is 202 g/mol. The lowest BCUT2D eigenvalue weighted by Gasteiger charge is -2.05. The summed E-state index contributed by atoms with van der Waals surface area (Å²) in [5.74, 6) is -0.858. The highest BCUT2D eigenvalue weighted by Crippen LogP contribution is 2.08. The van der Waals surface area contributed by atoms with Gasteiger partial charge in [0.2, 0.25) is 9.04 Å². The summed E-state index contributed by atoms with van der Waals surface area (Å²) in [6.07, 6.45) is 3.94. The Labute approximate surface area is 81.1 Å². The van der Waals surface area contributed by atoms with Gasteiger partial charge >= 0.3 is 5.97 Å². The molecule has 0 aromatic heterocycles. The lowest BCUT2D eigenvalue weighted by atomic mass is 10.1. The Balaban J connectivity index is 4.07. The largest absolute Gasteiger partial charge is 0.552 e. The van der Waals surface area contributed by atoms with Crippen molar-refractivity contribution >= 4 is 15.0 Å². The first-order valence-corrected chi connectivity index (χ1v) is 7.43. The maximum atomic E-state index is 10.7. The van der Waals surface area contributed by atoms with Gasteiger partial charge in [-0.25, -0.2) is 4.79 Å². The SMILES string of the molecule is CCCCC(=CO[SiH](C)C)C(=O)O. The molecule has 0 unspecified atom stereocenters. The molecule has 0 saturated heterocycles. The summed E-state index contributed by atoms with van der Waals surface area (Å²) in [4.78, 5) is 10.7. The number of hydrogen-bond acceptors (Lipinski definition) is 2. The van der Waals surface area contributed by atoms with Gasteiger partial charge in [0.05, 0.1) is 11.8 Å². The molecule has 76 valence electrons. The predicted molar refractivity (Wildman–Crippen MR) is 55.2 cm³/mol. The van der Waals surface area contributed by atoms with Crippen molar-refractivity contribution in [2.75, 3.05) is 0 Å². The summed E-state index contributed by atoms with van der Waals surface area (Å²) >= 11 is 0. The summed E-state index contributed by atoms with van der Waals surface area (Å²) in [7, 11) is -1.14. The van der Waals surface area contributed by atoms with Crippen LogP contribution in [0.5, 0.6) is 0 Å². The van der Waals surface area contributed by atoms with Gasteiger partial charge in [-0.3, -0.25) is 0 Å². The van der Waals surface area contributed by atoms with Crippen molar-refractivity contribution in [1.82, 2.24) is 0 Å². The minimum Gasteiger partial charge on any atom is -0.552 e. The molecular weight excluding hydrogens is 184 g/mol. The minimum absolute atomic E-state index is 0.392. The van der Waals surface area contributed by atoms with Gasteiger partial charge in [0.25, 0.3) is 0 Å². The van der Waals surface area contributed by atoms with Crippen LogP contribution in [0.1, 0.15) is 26.2 Å². The third-order valence-corrected chi connectivity index (χ3v) is 2.24. The Kier molecular flexibility index (Phi) is 6.31. The molecule has 0 rings (SSSR count).